The fourth-order valence-electron chi connectivity index (χ4n) is 3.57. The van der Waals surface area contributed by atoms with Crippen LogP contribution in [0.1, 0.15) is 34.0 Å². The third-order valence-corrected chi connectivity index (χ3v) is 5.55. The summed E-state index contributed by atoms with van der Waals surface area (Å²) in [5.41, 5.74) is 8.80. The third-order valence-electron chi connectivity index (χ3n) is 5.33. The Morgan fingerprint density at radius 1 is 1.09 bits per heavy atom. The minimum absolute atomic E-state index is 0.0473. The fraction of sp³-hybridized carbons (Fsp3) is 0.280. The number of halogens is 3. The number of amides is 1. The number of carbonyl (C=O) groups excluding carboxylic acids is 1. The molecule has 0 unspecified atom stereocenters. The van der Waals surface area contributed by atoms with Gasteiger partial charge < -0.3 is 15.7 Å². The average molecular weight is 474 g/mol. The van der Waals surface area contributed by atoms with Gasteiger partial charge in [-0.3, -0.25) is 4.79 Å². The van der Waals surface area contributed by atoms with E-state index >= 15 is 0 Å². The summed E-state index contributed by atoms with van der Waals surface area (Å²) in [6.45, 7) is 2.21. The molecule has 0 aliphatic carbocycles. The number of pyridine rings is 1. The lowest BCUT2D eigenvalue weighted by molar-refractivity contribution is 0.0554. The molecule has 3 N–H and O–H groups in total. The average Bonchev–Trinajstić information content (AvgIpc) is 2.78. The molecular formula is C25H26ClF2N3O2. The molecule has 0 fully saturated rings. The molecule has 0 saturated heterocycles. The third kappa shape index (κ3) is 7.05. The van der Waals surface area contributed by atoms with E-state index in [4.69, 9.17) is 17.3 Å². The molecule has 0 radical (unpaired) electrons. The summed E-state index contributed by atoms with van der Waals surface area (Å²) in [4.78, 5) is 18.7. The zero-order valence-electron chi connectivity index (χ0n) is 18.2. The van der Waals surface area contributed by atoms with Gasteiger partial charge in [-0.2, -0.15) is 0 Å². The van der Waals surface area contributed by atoms with Crippen LogP contribution in [0.5, 0.6) is 0 Å². The Morgan fingerprint density at radius 3 is 2.42 bits per heavy atom. The van der Waals surface area contributed by atoms with Crippen molar-refractivity contribution in [3.8, 4) is 0 Å². The van der Waals surface area contributed by atoms with Gasteiger partial charge in [0.2, 0.25) is 0 Å². The molecule has 5 nitrogen and oxygen atoms in total. The standard InChI is InChI=1S/C25H26ClF2N3O2/c1-2-16-4-3-5-17(8-16)14-31(25(33)19-6-7-24(26)30-13-19)15-23(32)22(29)11-18-9-20(27)12-21(28)10-18/h3-10,12-13,22-23,32H,2,11,14-15,29H2,1H3/t22-,23+/m0/s1. The molecular weight excluding hydrogens is 448 g/mol. The lowest BCUT2D eigenvalue weighted by Crippen LogP contribution is -2.46. The monoisotopic (exact) mass is 473 g/mol. The van der Waals surface area contributed by atoms with Crippen LogP contribution < -0.4 is 5.73 Å². The SMILES string of the molecule is CCc1cccc(CN(C[C@@H](O)[C@@H](N)Cc2cc(F)cc(F)c2)C(=O)c2ccc(Cl)nc2)c1. The summed E-state index contributed by atoms with van der Waals surface area (Å²) < 4.78 is 27.0. The first-order valence-electron chi connectivity index (χ1n) is 10.6. The zero-order chi connectivity index (χ0) is 24.0. The molecule has 2 aromatic carbocycles. The molecule has 3 aromatic rings. The maximum atomic E-state index is 13.5. The van der Waals surface area contributed by atoms with Gasteiger partial charge in [0.05, 0.1) is 11.7 Å². The van der Waals surface area contributed by atoms with E-state index in [1.54, 1.807) is 6.07 Å². The van der Waals surface area contributed by atoms with Crippen molar-refractivity contribution in [1.29, 1.82) is 0 Å². The van der Waals surface area contributed by atoms with Crippen molar-refractivity contribution < 1.29 is 18.7 Å². The molecule has 0 saturated carbocycles. The van der Waals surface area contributed by atoms with Crippen molar-refractivity contribution in [2.75, 3.05) is 6.54 Å². The highest BCUT2D eigenvalue weighted by atomic mass is 35.5. The van der Waals surface area contributed by atoms with E-state index < -0.39 is 23.8 Å². The van der Waals surface area contributed by atoms with Crippen LogP contribution in [0.25, 0.3) is 0 Å². The van der Waals surface area contributed by atoms with Crippen molar-refractivity contribution in [3.05, 3.63) is 99.8 Å². The minimum Gasteiger partial charge on any atom is -0.390 e. The Balaban J connectivity index is 1.79. The summed E-state index contributed by atoms with van der Waals surface area (Å²) >= 11 is 5.84. The van der Waals surface area contributed by atoms with Crippen molar-refractivity contribution in [3.63, 3.8) is 0 Å². The van der Waals surface area contributed by atoms with Crippen LogP contribution in [0.2, 0.25) is 5.15 Å². The highest BCUT2D eigenvalue weighted by Gasteiger charge is 2.24. The van der Waals surface area contributed by atoms with E-state index in [9.17, 15) is 18.7 Å². The van der Waals surface area contributed by atoms with Crippen LogP contribution in [0.4, 0.5) is 8.78 Å². The molecule has 0 bridgehead atoms. The second kappa shape index (κ2) is 11.3. The number of aromatic nitrogens is 1. The number of aliphatic hydroxyl groups is 1. The molecule has 0 aliphatic rings. The van der Waals surface area contributed by atoms with Gasteiger partial charge in [0.15, 0.2) is 0 Å². The molecule has 3 rings (SSSR count). The minimum atomic E-state index is -1.13. The van der Waals surface area contributed by atoms with Gasteiger partial charge in [-0.15, -0.1) is 0 Å². The summed E-state index contributed by atoms with van der Waals surface area (Å²) in [5.74, 6) is -1.77. The summed E-state index contributed by atoms with van der Waals surface area (Å²) in [5, 5.41) is 11.0. The van der Waals surface area contributed by atoms with Crippen LogP contribution in [0, 0.1) is 11.6 Å². The van der Waals surface area contributed by atoms with Crippen LogP contribution in [-0.4, -0.2) is 39.6 Å². The lowest BCUT2D eigenvalue weighted by atomic mass is 10.0. The molecule has 1 amide bonds. The first-order valence-corrected chi connectivity index (χ1v) is 11.0. The maximum absolute atomic E-state index is 13.5. The molecule has 0 aliphatic heterocycles. The predicted molar refractivity (Wildman–Crippen MR) is 124 cm³/mol. The van der Waals surface area contributed by atoms with E-state index in [2.05, 4.69) is 4.98 Å². The Kier molecular flexibility index (Phi) is 8.49. The highest BCUT2D eigenvalue weighted by Crippen LogP contribution is 2.16. The van der Waals surface area contributed by atoms with Crippen molar-refractivity contribution in [2.45, 2.75) is 38.5 Å². The number of carbonyl (C=O) groups is 1. The van der Waals surface area contributed by atoms with E-state index in [0.29, 0.717) is 11.1 Å². The first kappa shape index (κ1) is 24.8. The van der Waals surface area contributed by atoms with Crippen LogP contribution >= 0.6 is 11.6 Å². The summed E-state index contributed by atoms with van der Waals surface area (Å²) in [6.07, 6.45) is 1.14. The number of rotatable bonds is 9. The summed E-state index contributed by atoms with van der Waals surface area (Å²) in [6, 6.07) is 13.2. The fourth-order valence-corrected chi connectivity index (χ4v) is 3.68. The van der Waals surface area contributed by atoms with E-state index in [1.165, 1.54) is 29.3 Å². The molecule has 174 valence electrons. The van der Waals surface area contributed by atoms with Crippen molar-refractivity contribution >= 4 is 17.5 Å². The maximum Gasteiger partial charge on any atom is 0.255 e. The quantitative estimate of drug-likeness (QED) is 0.457. The normalized spacial score (nSPS) is 12.9. The first-order chi connectivity index (χ1) is 15.7. The largest absolute Gasteiger partial charge is 0.390 e. The van der Waals surface area contributed by atoms with E-state index in [0.717, 1.165) is 23.6 Å². The Hall–Kier alpha value is -2.87. The smallest absolute Gasteiger partial charge is 0.255 e. The number of nitrogens with zero attached hydrogens (tertiary/aromatic N) is 2. The van der Waals surface area contributed by atoms with Gasteiger partial charge in [-0.05, 0) is 53.8 Å². The Labute approximate surface area is 196 Å². The number of hydrogen-bond donors (Lipinski definition) is 2. The molecule has 1 heterocycles. The van der Waals surface area contributed by atoms with Crippen LogP contribution in [0.3, 0.4) is 0 Å². The highest BCUT2D eigenvalue weighted by molar-refractivity contribution is 6.29. The molecule has 2 atom stereocenters. The Bertz CT molecular complexity index is 1080. The second-order valence-electron chi connectivity index (χ2n) is 7.94. The second-order valence-corrected chi connectivity index (χ2v) is 8.33. The van der Waals surface area contributed by atoms with Crippen molar-refractivity contribution in [1.82, 2.24) is 9.88 Å². The van der Waals surface area contributed by atoms with Gasteiger partial charge in [0, 0.05) is 31.4 Å². The van der Waals surface area contributed by atoms with Crippen LogP contribution in [-0.2, 0) is 19.4 Å². The van der Waals surface area contributed by atoms with Gasteiger partial charge in [0.1, 0.15) is 16.8 Å². The lowest BCUT2D eigenvalue weighted by Gasteiger charge is -2.28. The molecule has 1 aromatic heterocycles. The van der Waals surface area contributed by atoms with E-state index in [1.807, 2.05) is 31.2 Å². The number of aryl methyl sites for hydroxylation is 1. The molecule has 33 heavy (non-hydrogen) atoms. The van der Waals surface area contributed by atoms with Crippen molar-refractivity contribution in [2.24, 2.45) is 5.73 Å². The number of aliphatic hydroxyl groups excluding tert-OH is 1. The zero-order valence-corrected chi connectivity index (χ0v) is 19.0. The van der Waals surface area contributed by atoms with Gasteiger partial charge in [-0.1, -0.05) is 42.8 Å². The number of benzene rings is 2. The van der Waals surface area contributed by atoms with Gasteiger partial charge in [0.25, 0.3) is 5.91 Å². The number of hydrogen-bond acceptors (Lipinski definition) is 4. The number of nitrogens with two attached hydrogens (primary N) is 1. The molecule has 0 spiro atoms. The predicted octanol–water partition coefficient (Wildman–Crippen LogP) is 4.15. The Morgan fingerprint density at radius 2 is 1.79 bits per heavy atom. The van der Waals surface area contributed by atoms with Crippen LogP contribution in [0.15, 0.2) is 60.8 Å². The molecule has 8 heteroatoms. The topological polar surface area (TPSA) is 79.5 Å². The summed E-state index contributed by atoms with van der Waals surface area (Å²) in [7, 11) is 0. The van der Waals surface area contributed by atoms with Gasteiger partial charge in [-0.25, -0.2) is 13.8 Å². The van der Waals surface area contributed by atoms with Gasteiger partial charge >= 0.3 is 0 Å². The van der Waals surface area contributed by atoms with E-state index in [-0.39, 0.29) is 30.6 Å².